The maximum Gasteiger partial charge on any atom is 0.238 e. The van der Waals surface area contributed by atoms with Crippen LogP contribution in [-0.2, 0) is 11.3 Å². The molecule has 1 aliphatic heterocycles. The molecule has 24 heavy (non-hydrogen) atoms. The summed E-state index contributed by atoms with van der Waals surface area (Å²) in [6.07, 6.45) is 2.62. The topological polar surface area (TPSA) is 44.4 Å². The molecule has 1 aromatic rings. The van der Waals surface area contributed by atoms with Crippen LogP contribution >= 0.6 is 36.6 Å². The number of hydrogen-bond donors (Lipinski definition) is 2. The Balaban J connectivity index is 0.00000144. The van der Waals surface area contributed by atoms with E-state index in [4.69, 9.17) is 0 Å². The van der Waals surface area contributed by atoms with Crippen molar-refractivity contribution in [2.45, 2.75) is 19.4 Å². The SMILES string of the molecule is Cl.Cl.O=C(CNCC1CC1)Nc1cccc(CN2CCSCC2)c1. The maximum absolute atomic E-state index is 11.9. The predicted octanol–water partition coefficient (Wildman–Crippen LogP) is 3.02. The zero-order valence-corrected chi connectivity index (χ0v) is 16.3. The van der Waals surface area contributed by atoms with E-state index < -0.39 is 0 Å². The first-order valence-corrected chi connectivity index (χ1v) is 9.35. The van der Waals surface area contributed by atoms with Gasteiger partial charge in [-0.2, -0.15) is 11.8 Å². The Morgan fingerprint density at radius 2 is 1.96 bits per heavy atom. The number of anilines is 1. The standard InChI is InChI=1S/C17H25N3OS.2ClH/c21-17(12-18-11-14-4-5-14)19-16-3-1-2-15(10-16)13-20-6-8-22-9-7-20;;/h1-3,10,14,18H,4-9,11-13H2,(H,19,21);2*1H. The van der Waals surface area contributed by atoms with Gasteiger partial charge in [-0.15, -0.1) is 24.8 Å². The van der Waals surface area contributed by atoms with Crippen molar-refractivity contribution < 1.29 is 4.79 Å². The van der Waals surface area contributed by atoms with Gasteiger partial charge < -0.3 is 10.6 Å². The quantitative estimate of drug-likeness (QED) is 0.749. The van der Waals surface area contributed by atoms with Crippen LogP contribution in [0.15, 0.2) is 24.3 Å². The molecule has 1 saturated carbocycles. The molecule has 0 radical (unpaired) electrons. The van der Waals surface area contributed by atoms with Crippen molar-refractivity contribution in [2.24, 2.45) is 5.92 Å². The first kappa shape index (κ1) is 21.6. The fourth-order valence-corrected chi connectivity index (χ4v) is 3.66. The van der Waals surface area contributed by atoms with Crippen LogP contribution in [0.2, 0.25) is 0 Å². The zero-order chi connectivity index (χ0) is 15.2. The van der Waals surface area contributed by atoms with Crippen LogP contribution in [-0.4, -0.2) is 48.5 Å². The van der Waals surface area contributed by atoms with Gasteiger partial charge in [0, 0.05) is 36.8 Å². The molecule has 0 unspecified atom stereocenters. The summed E-state index contributed by atoms with van der Waals surface area (Å²) in [7, 11) is 0. The van der Waals surface area contributed by atoms with Crippen molar-refractivity contribution in [3.05, 3.63) is 29.8 Å². The van der Waals surface area contributed by atoms with Crippen LogP contribution in [0.5, 0.6) is 0 Å². The molecule has 0 spiro atoms. The lowest BCUT2D eigenvalue weighted by Gasteiger charge is -2.26. The molecular formula is C17H27Cl2N3OS. The predicted molar refractivity (Wildman–Crippen MR) is 108 cm³/mol. The van der Waals surface area contributed by atoms with Crippen molar-refractivity contribution in [1.82, 2.24) is 10.2 Å². The molecule has 1 aromatic carbocycles. The first-order chi connectivity index (χ1) is 10.8. The highest BCUT2D eigenvalue weighted by Crippen LogP contribution is 2.27. The zero-order valence-electron chi connectivity index (χ0n) is 13.8. The molecule has 1 saturated heterocycles. The Morgan fingerprint density at radius 3 is 2.67 bits per heavy atom. The van der Waals surface area contributed by atoms with Crippen LogP contribution in [0.1, 0.15) is 18.4 Å². The van der Waals surface area contributed by atoms with Crippen molar-refractivity contribution in [3.63, 3.8) is 0 Å². The molecule has 2 N–H and O–H groups in total. The summed E-state index contributed by atoms with van der Waals surface area (Å²) >= 11 is 2.03. The van der Waals surface area contributed by atoms with E-state index in [1.54, 1.807) is 0 Å². The average Bonchev–Trinajstić information content (AvgIpc) is 3.33. The third-order valence-electron chi connectivity index (χ3n) is 4.14. The molecule has 4 nitrogen and oxygen atoms in total. The van der Waals surface area contributed by atoms with E-state index in [1.165, 1.54) is 29.9 Å². The number of amides is 1. The lowest BCUT2D eigenvalue weighted by Crippen LogP contribution is -2.32. The molecule has 3 rings (SSSR count). The van der Waals surface area contributed by atoms with E-state index >= 15 is 0 Å². The number of nitrogens with zero attached hydrogens (tertiary/aromatic N) is 1. The van der Waals surface area contributed by atoms with E-state index in [2.05, 4.69) is 27.7 Å². The highest BCUT2D eigenvalue weighted by atomic mass is 35.5. The minimum absolute atomic E-state index is 0. The number of carbonyl (C=O) groups excluding carboxylic acids is 1. The molecule has 0 bridgehead atoms. The van der Waals surface area contributed by atoms with Crippen LogP contribution in [0, 0.1) is 5.92 Å². The van der Waals surface area contributed by atoms with E-state index in [0.29, 0.717) is 6.54 Å². The smallest absolute Gasteiger partial charge is 0.238 e. The monoisotopic (exact) mass is 391 g/mol. The Morgan fingerprint density at radius 1 is 1.21 bits per heavy atom. The third kappa shape index (κ3) is 7.62. The molecule has 1 heterocycles. The number of thioether (sulfide) groups is 1. The Kier molecular flexibility index (Phi) is 10.1. The van der Waals surface area contributed by atoms with Crippen molar-refractivity contribution in [1.29, 1.82) is 0 Å². The van der Waals surface area contributed by atoms with Gasteiger partial charge >= 0.3 is 0 Å². The van der Waals surface area contributed by atoms with Crippen molar-refractivity contribution >= 4 is 48.2 Å². The van der Waals surface area contributed by atoms with Gasteiger partial charge in [0.2, 0.25) is 5.91 Å². The van der Waals surface area contributed by atoms with Gasteiger partial charge in [-0.3, -0.25) is 9.69 Å². The van der Waals surface area contributed by atoms with Crippen LogP contribution < -0.4 is 10.6 Å². The average molecular weight is 392 g/mol. The normalized spacial score (nSPS) is 17.5. The summed E-state index contributed by atoms with van der Waals surface area (Å²) in [5, 5.41) is 6.21. The van der Waals surface area contributed by atoms with Gasteiger partial charge in [-0.1, -0.05) is 12.1 Å². The van der Waals surface area contributed by atoms with Gasteiger partial charge in [-0.25, -0.2) is 0 Å². The molecular weight excluding hydrogens is 365 g/mol. The van der Waals surface area contributed by atoms with Crippen molar-refractivity contribution in [3.8, 4) is 0 Å². The number of benzene rings is 1. The summed E-state index contributed by atoms with van der Waals surface area (Å²) in [5.74, 6) is 3.30. The summed E-state index contributed by atoms with van der Waals surface area (Å²) < 4.78 is 0. The molecule has 2 aliphatic rings. The van der Waals surface area contributed by atoms with Crippen LogP contribution in [0.4, 0.5) is 5.69 Å². The summed E-state index contributed by atoms with van der Waals surface area (Å²) in [6, 6.07) is 8.24. The van der Waals surface area contributed by atoms with Gasteiger partial charge in [0.05, 0.1) is 6.54 Å². The number of carbonyl (C=O) groups is 1. The summed E-state index contributed by atoms with van der Waals surface area (Å²) in [6.45, 7) is 4.67. The molecule has 0 atom stereocenters. The molecule has 0 aromatic heterocycles. The number of rotatable bonds is 7. The Hall–Kier alpha value is -0.460. The van der Waals surface area contributed by atoms with Gasteiger partial charge in [0.1, 0.15) is 0 Å². The molecule has 1 amide bonds. The van der Waals surface area contributed by atoms with Gasteiger partial charge in [0.25, 0.3) is 0 Å². The lowest BCUT2D eigenvalue weighted by atomic mass is 10.2. The summed E-state index contributed by atoms with van der Waals surface area (Å²) in [4.78, 5) is 14.4. The van der Waals surface area contributed by atoms with Crippen molar-refractivity contribution in [2.75, 3.05) is 43.0 Å². The fourth-order valence-electron chi connectivity index (χ4n) is 2.68. The second kappa shape index (κ2) is 11.2. The molecule has 136 valence electrons. The molecule has 1 aliphatic carbocycles. The van der Waals surface area contributed by atoms with E-state index in [1.807, 2.05) is 23.9 Å². The maximum atomic E-state index is 11.9. The first-order valence-electron chi connectivity index (χ1n) is 8.19. The second-order valence-electron chi connectivity index (χ2n) is 6.21. The van der Waals surface area contributed by atoms with E-state index in [9.17, 15) is 4.79 Å². The summed E-state index contributed by atoms with van der Waals surface area (Å²) in [5.41, 5.74) is 2.18. The number of halogens is 2. The molecule has 7 heteroatoms. The van der Waals surface area contributed by atoms with Crippen LogP contribution in [0.25, 0.3) is 0 Å². The highest BCUT2D eigenvalue weighted by Gasteiger charge is 2.20. The van der Waals surface area contributed by atoms with Gasteiger partial charge in [-0.05, 0) is 43.0 Å². The lowest BCUT2D eigenvalue weighted by molar-refractivity contribution is -0.115. The van der Waals surface area contributed by atoms with E-state index in [-0.39, 0.29) is 30.7 Å². The number of hydrogen-bond acceptors (Lipinski definition) is 4. The highest BCUT2D eigenvalue weighted by molar-refractivity contribution is 7.99. The largest absolute Gasteiger partial charge is 0.325 e. The minimum atomic E-state index is 0. The second-order valence-corrected chi connectivity index (χ2v) is 7.44. The van der Waals surface area contributed by atoms with Gasteiger partial charge in [0.15, 0.2) is 0 Å². The fraction of sp³-hybridized carbons (Fsp3) is 0.588. The minimum Gasteiger partial charge on any atom is -0.325 e. The van der Waals surface area contributed by atoms with Crippen LogP contribution in [0.3, 0.4) is 0 Å². The third-order valence-corrected chi connectivity index (χ3v) is 5.08. The number of nitrogens with one attached hydrogen (secondary N) is 2. The Bertz CT molecular complexity index is 508. The van der Waals surface area contributed by atoms with E-state index in [0.717, 1.165) is 37.8 Å². The Labute approximate surface area is 161 Å². The molecule has 2 fully saturated rings.